The largest absolute Gasteiger partial charge is 0.451 e. The number of ether oxygens (including phenoxy) is 1. The van der Waals surface area contributed by atoms with Gasteiger partial charge < -0.3 is 20.8 Å². The SMILES string of the molecule is NC(=O)c1c(NC(=O)COC(=O)c2cc3ccccc3[nH]2)sc2c1CCC2. The van der Waals surface area contributed by atoms with E-state index >= 15 is 0 Å². The van der Waals surface area contributed by atoms with Crippen LogP contribution in [0, 0.1) is 0 Å². The number of rotatable bonds is 5. The minimum absolute atomic E-state index is 0.275. The molecule has 0 saturated carbocycles. The maximum Gasteiger partial charge on any atom is 0.355 e. The highest BCUT2D eigenvalue weighted by Gasteiger charge is 2.26. The molecule has 0 atom stereocenters. The summed E-state index contributed by atoms with van der Waals surface area (Å²) in [5.41, 5.74) is 7.86. The van der Waals surface area contributed by atoms with Crippen LogP contribution >= 0.6 is 11.3 Å². The van der Waals surface area contributed by atoms with Crippen LogP contribution in [0.25, 0.3) is 10.9 Å². The van der Waals surface area contributed by atoms with Gasteiger partial charge in [-0.1, -0.05) is 18.2 Å². The zero-order valence-electron chi connectivity index (χ0n) is 14.3. The number of aromatic amines is 1. The zero-order valence-corrected chi connectivity index (χ0v) is 15.2. The lowest BCUT2D eigenvalue weighted by molar-refractivity contribution is -0.119. The second kappa shape index (κ2) is 6.88. The third-order valence-corrected chi connectivity index (χ3v) is 5.71. The Labute approximate surface area is 158 Å². The van der Waals surface area contributed by atoms with E-state index in [1.54, 1.807) is 6.07 Å². The third-order valence-electron chi connectivity index (χ3n) is 4.50. The molecule has 138 valence electrons. The van der Waals surface area contributed by atoms with Crippen molar-refractivity contribution in [1.82, 2.24) is 4.98 Å². The van der Waals surface area contributed by atoms with E-state index in [9.17, 15) is 14.4 Å². The van der Waals surface area contributed by atoms with Gasteiger partial charge >= 0.3 is 5.97 Å². The molecule has 3 aromatic rings. The number of esters is 1. The summed E-state index contributed by atoms with van der Waals surface area (Å²) in [4.78, 5) is 40.1. The van der Waals surface area contributed by atoms with E-state index in [2.05, 4.69) is 10.3 Å². The minimum atomic E-state index is -0.620. The molecule has 0 radical (unpaired) electrons. The first-order chi connectivity index (χ1) is 13.0. The van der Waals surface area contributed by atoms with E-state index in [1.807, 2.05) is 24.3 Å². The van der Waals surface area contributed by atoms with E-state index in [4.69, 9.17) is 10.5 Å². The molecule has 7 nitrogen and oxygen atoms in total. The number of fused-ring (bicyclic) bond motifs is 2. The van der Waals surface area contributed by atoms with E-state index in [0.717, 1.165) is 40.6 Å². The Kier molecular flexibility index (Phi) is 4.41. The lowest BCUT2D eigenvalue weighted by Gasteiger charge is -2.06. The van der Waals surface area contributed by atoms with Gasteiger partial charge in [-0.05, 0) is 37.0 Å². The van der Waals surface area contributed by atoms with E-state index < -0.39 is 24.4 Å². The van der Waals surface area contributed by atoms with Gasteiger partial charge in [-0.2, -0.15) is 0 Å². The number of hydrogen-bond donors (Lipinski definition) is 3. The number of nitrogens with two attached hydrogens (primary N) is 1. The van der Waals surface area contributed by atoms with Crippen molar-refractivity contribution in [3.63, 3.8) is 0 Å². The fourth-order valence-corrected chi connectivity index (χ4v) is 4.62. The van der Waals surface area contributed by atoms with Crippen LogP contribution in [0.2, 0.25) is 0 Å². The van der Waals surface area contributed by atoms with Crippen LogP contribution in [0.5, 0.6) is 0 Å². The lowest BCUT2D eigenvalue weighted by Crippen LogP contribution is -2.22. The average molecular weight is 383 g/mol. The number of H-pyrrole nitrogens is 1. The molecule has 4 N–H and O–H groups in total. The molecule has 27 heavy (non-hydrogen) atoms. The number of para-hydroxylation sites is 1. The average Bonchev–Trinajstić information content (AvgIpc) is 3.32. The van der Waals surface area contributed by atoms with Gasteiger partial charge in [-0.15, -0.1) is 11.3 Å². The number of anilines is 1. The van der Waals surface area contributed by atoms with Crippen molar-refractivity contribution in [2.24, 2.45) is 5.73 Å². The molecule has 0 aliphatic heterocycles. The molecule has 0 spiro atoms. The smallest absolute Gasteiger partial charge is 0.355 e. The van der Waals surface area contributed by atoms with Crippen molar-refractivity contribution < 1.29 is 19.1 Å². The number of hydrogen-bond acceptors (Lipinski definition) is 5. The van der Waals surface area contributed by atoms with E-state index in [-0.39, 0.29) is 5.69 Å². The summed E-state index contributed by atoms with van der Waals surface area (Å²) in [5.74, 6) is -1.69. The summed E-state index contributed by atoms with van der Waals surface area (Å²) in [6, 6.07) is 9.12. The maximum absolute atomic E-state index is 12.2. The first-order valence-electron chi connectivity index (χ1n) is 8.52. The number of benzene rings is 1. The van der Waals surface area contributed by atoms with Gasteiger partial charge in [0.2, 0.25) is 0 Å². The van der Waals surface area contributed by atoms with Crippen LogP contribution in [0.4, 0.5) is 5.00 Å². The highest BCUT2D eigenvalue weighted by atomic mass is 32.1. The maximum atomic E-state index is 12.2. The summed E-state index contributed by atoms with van der Waals surface area (Å²) in [7, 11) is 0. The fourth-order valence-electron chi connectivity index (χ4n) is 3.31. The van der Waals surface area contributed by atoms with Crippen LogP contribution in [0.15, 0.2) is 30.3 Å². The van der Waals surface area contributed by atoms with Crippen molar-refractivity contribution in [3.8, 4) is 0 Å². The van der Waals surface area contributed by atoms with Gasteiger partial charge in [-0.3, -0.25) is 9.59 Å². The Bertz CT molecular complexity index is 1030. The quantitative estimate of drug-likeness (QED) is 0.588. The number of aryl methyl sites for hydroxylation is 1. The van der Waals surface area contributed by atoms with Gasteiger partial charge in [0, 0.05) is 15.8 Å². The van der Waals surface area contributed by atoms with Gasteiger partial charge in [0.1, 0.15) is 10.7 Å². The Morgan fingerprint density at radius 1 is 1.22 bits per heavy atom. The third kappa shape index (κ3) is 3.31. The molecule has 2 aromatic heterocycles. The van der Waals surface area contributed by atoms with Gasteiger partial charge in [0.25, 0.3) is 11.8 Å². The zero-order chi connectivity index (χ0) is 19.0. The molecule has 8 heteroatoms. The van der Waals surface area contributed by atoms with Gasteiger partial charge in [-0.25, -0.2) is 4.79 Å². The Hall–Kier alpha value is -3.13. The number of carbonyl (C=O) groups is 3. The number of primary amides is 1. The molecular formula is C19H17N3O4S. The van der Waals surface area contributed by atoms with Crippen molar-refractivity contribution in [1.29, 1.82) is 0 Å². The number of thiophene rings is 1. The fraction of sp³-hybridized carbons (Fsp3) is 0.211. The van der Waals surface area contributed by atoms with Crippen LogP contribution in [-0.4, -0.2) is 29.4 Å². The topological polar surface area (TPSA) is 114 Å². The number of aromatic nitrogens is 1. The molecular weight excluding hydrogens is 366 g/mol. The molecule has 4 rings (SSSR count). The minimum Gasteiger partial charge on any atom is -0.451 e. The van der Waals surface area contributed by atoms with Crippen molar-refractivity contribution >= 4 is 45.0 Å². The van der Waals surface area contributed by atoms with Crippen LogP contribution in [0.1, 0.15) is 37.7 Å². The first-order valence-corrected chi connectivity index (χ1v) is 9.33. The molecule has 2 heterocycles. The molecule has 1 aromatic carbocycles. The summed E-state index contributed by atoms with van der Waals surface area (Å²) in [5, 5.41) is 3.96. The van der Waals surface area contributed by atoms with Crippen LogP contribution in [0.3, 0.4) is 0 Å². The van der Waals surface area contributed by atoms with Crippen molar-refractivity contribution in [2.45, 2.75) is 19.3 Å². The summed E-state index contributed by atoms with van der Waals surface area (Å²) in [6.07, 6.45) is 2.65. The molecule has 0 bridgehead atoms. The van der Waals surface area contributed by atoms with Crippen molar-refractivity contribution in [2.75, 3.05) is 11.9 Å². The molecule has 2 amide bonds. The van der Waals surface area contributed by atoms with Crippen LogP contribution < -0.4 is 11.1 Å². The first kappa shape index (κ1) is 17.3. The predicted molar refractivity (Wildman–Crippen MR) is 102 cm³/mol. The predicted octanol–water partition coefficient (Wildman–Crippen LogP) is 2.61. The number of nitrogens with one attached hydrogen (secondary N) is 2. The number of carbonyl (C=O) groups excluding carboxylic acids is 3. The van der Waals surface area contributed by atoms with Crippen molar-refractivity contribution in [3.05, 3.63) is 52.0 Å². The summed E-state index contributed by atoms with van der Waals surface area (Å²) >= 11 is 1.36. The van der Waals surface area contributed by atoms with E-state index in [1.165, 1.54) is 11.3 Å². The Morgan fingerprint density at radius 2 is 2.04 bits per heavy atom. The van der Waals surface area contributed by atoms with Gasteiger partial charge in [0.15, 0.2) is 6.61 Å². The summed E-state index contributed by atoms with van der Waals surface area (Å²) in [6.45, 7) is -0.449. The van der Waals surface area contributed by atoms with Crippen LogP contribution in [-0.2, 0) is 22.4 Å². The number of amides is 2. The second-order valence-corrected chi connectivity index (χ2v) is 7.43. The lowest BCUT2D eigenvalue weighted by atomic mass is 10.1. The highest BCUT2D eigenvalue weighted by molar-refractivity contribution is 7.17. The summed E-state index contributed by atoms with van der Waals surface area (Å²) < 4.78 is 5.08. The molecule has 0 saturated heterocycles. The highest BCUT2D eigenvalue weighted by Crippen LogP contribution is 2.38. The molecule has 0 unspecified atom stereocenters. The standard InChI is InChI=1S/C19H17N3O4S/c20-17(24)16-11-5-3-7-14(11)27-18(16)22-15(23)9-26-19(25)13-8-10-4-1-2-6-12(10)21-13/h1-2,4,6,8,21H,3,5,7,9H2,(H2,20,24)(H,22,23). The molecule has 1 aliphatic rings. The molecule has 0 fully saturated rings. The Morgan fingerprint density at radius 3 is 2.81 bits per heavy atom. The molecule has 1 aliphatic carbocycles. The van der Waals surface area contributed by atoms with Gasteiger partial charge in [0.05, 0.1) is 5.56 Å². The Balaban J connectivity index is 1.41. The second-order valence-electron chi connectivity index (χ2n) is 6.32. The normalized spacial score (nSPS) is 12.7. The monoisotopic (exact) mass is 383 g/mol. The van der Waals surface area contributed by atoms with E-state index in [0.29, 0.717) is 10.6 Å².